The molecule has 94 valence electrons. The molecule has 0 aliphatic heterocycles. The van der Waals surface area contributed by atoms with E-state index in [0.717, 1.165) is 16.0 Å². The van der Waals surface area contributed by atoms with Crippen LogP contribution in [0.3, 0.4) is 0 Å². The monoisotopic (exact) mass is 256 g/mol. The predicted octanol–water partition coefficient (Wildman–Crippen LogP) is 1.76. The number of benzene rings is 1. The van der Waals surface area contributed by atoms with Crippen LogP contribution in [-0.2, 0) is 0 Å². The molecule has 0 radical (unpaired) electrons. The van der Waals surface area contributed by atoms with Gasteiger partial charge < -0.3 is 11.1 Å². The maximum atomic E-state index is 11.7. The van der Waals surface area contributed by atoms with Crippen LogP contribution in [0.2, 0.25) is 0 Å². The maximum Gasteiger partial charge on any atom is 0.328 e. The van der Waals surface area contributed by atoms with Gasteiger partial charge in [0.1, 0.15) is 0 Å². The van der Waals surface area contributed by atoms with Crippen LogP contribution in [0.1, 0.15) is 11.1 Å². The van der Waals surface area contributed by atoms with Crippen molar-refractivity contribution in [3.8, 4) is 0 Å². The molecule has 2 amide bonds. The van der Waals surface area contributed by atoms with Gasteiger partial charge in [-0.05, 0) is 25.0 Å². The second-order valence-electron chi connectivity index (χ2n) is 3.52. The third-order valence-electron chi connectivity index (χ3n) is 2.32. The van der Waals surface area contributed by atoms with Gasteiger partial charge in [0, 0.05) is 7.05 Å². The number of para-hydroxylation sites is 1. The molecule has 1 aromatic rings. The fourth-order valence-corrected chi connectivity index (χ4v) is 1.60. The van der Waals surface area contributed by atoms with Gasteiger partial charge >= 0.3 is 6.03 Å². The lowest BCUT2D eigenvalue weighted by molar-refractivity contribution is 0.251. The number of rotatable bonds is 1. The number of nitrogens with two attached hydrogens (primary N) is 1. The topological polar surface area (TPSA) is 82.2 Å². The molecule has 17 heavy (non-hydrogen) atoms. The van der Waals surface area contributed by atoms with Crippen molar-refractivity contribution in [2.24, 2.45) is 5.73 Å². The van der Waals surface area contributed by atoms with Crippen LogP contribution < -0.4 is 16.0 Å². The molecule has 6 heteroatoms. The Balaban J connectivity index is 0.00000256. The second kappa shape index (κ2) is 6.10. The van der Waals surface area contributed by atoms with Crippen LogP contribution in [0, 0.1) is 19.3 Å². The molecule has 0 spiro atoms. The van der Waals surface area contributed by atoms with Gasteiger partial charge in [0.2, 0.25) is 5.96 Å². The van der Waals surface area contributed by atoms with E-state index in [4.69, 9.17) is 11.1 Å². The normalized spacial score (nSPS) is 9.12. The lowest BCUT2D eigenvalue weighted by Crippen LogP contribution is -2.46. The third-order valence-corrected chi connectivity index (χ3v) is 2.32. The summed E-state index contributed by atoms with van der Waals surface area (Å²) in [6.07, 6.45) is 0. The minimum Gasteiger partial charge on any atom is -0.369 e. The summed E-state index contributed by atoms with van der Waals surface area (Å²) in [7, 11) is 1.51. The van der Waals surface area contributed by atoms with Crippen molar-refractivity contribution in [1.29, 1.82) is 5.41 Å². The quantitative estimate of drug-likeness (QED) is 0.529. The van der Waals surface area contributed by atoms with Gasteiger partial charge in [0.15, 0.2) is 0 Å². The molecule has 0 fully saturated rings. The number of amides is 2. The van der Waals surface area contributed by atoms with Gasteiger partial charge in [-0.15, -0.1) is 12.4 Å². The minimum atomic E-state index is -0.412. The Morgan fingerprint density at radius 3 is 2.18 bits per heavy atom. The van der Waals surface area contributed by atoms with Gasteiger partial charge in [0.05, 0.1) is 5.69 Å². The number of halogens is 1. The van der Waals surface area contributed by atoms with Crippen molar-refractivity contribution >= 4 is 30.1 Å². The van der Waals surface area contributed by atoms with Crippen molar-refractivity contribution in [3.63, 3.8) is 0 Å². The molecule has 0 aliphatic rings. The Hall–Kier alpha value is -1.75. The van der Waals surface area contributed by atoms with E-state index in [9.17, 15) is 4.79 Å². The molecular formula is C11H17ClN4O. The largest absolute Gasteiger partial charge is 0.369 e. The third kappa shape index (κ3) is 3.10. The Bertz CT molecular complexity index is 413. The van der Waals surface area contributed by atoms with Gasteiger partial charge in [-0.3, -0.25) is 5.41 Å². The number of urea groups is 1. The molecule has 0 saturated heterocycles. The summed E-state index contributed by atoms with van der Waals surface area (Å²) in [6, 6.07) is 5.24. The molecule has 1 rings (SSSR count). The number of aryl methyl sites for hydroxylation is 2. The van der Waals surface area contributed by atoms with E-state index in [0.29, 0.717) is 5.69 Å². The SMILES string of the molecule is CNC(=O)N(C(=N)N)c1c(C)cccc1C.Cl. The number of nitrogens with zero attached hydrogens (tertiary/aromatic N) is 1. The molecular weight excluding hydrogens is 240 g/mol. The molecule has 0 atom stereocenters. The zero-order valence-electron chi connectivity index (χ0n) is 10.1. The Morgan fingerprint density at radius 1 is 1.35 bits per heavy atom. The fraction of sp³-hybridized carbons (Fsp3) is 0.273. The molecule has 4 N–H and O–H groups in total. The maximum absolute atomic E-state index is 11.7. The zero-order valence-corrected chi connectivity index (χ0v) is 10.9. The molecule has 1 aromatic carbocycles. The summed E-state index contributed by atoms with van der Waals surface area (Å²) < 4.78 is 0. The highest BCUT2D eigenvalue weighted by Crippen LogP contribution is 2.24. The molecule has 0 unspecified atom stereocenters. The van der Waals surface area contributed by atoms with E-state index < -0.39 is 6.03 Å². The Morgan fingerprint density at radius 2 is 1.82 bits per heavy atom. The van der Waals surface area contributed by atoms with Gasteiger partial charge in [-0.2, -0.15) is 0 Å². The summed E-state index contributed by atoms with van der Waals surface area (Å²) >= 11 is 0. The minimum absolute atomic E-state index is 0. The first-order valence-electron chi connectivity index (χ1n) is 4.91. The Kier molecular flexibility index (Phi) is 5.47. The van der Waals surface area contributed by atoms with Crippen molar-refractivity contribution in [2.75, 3.05) is 11.9 Å². The van der Waals surface area contributed by atoms with Crippen LogP contribution >= 0.6 is 12.4 Å². The zero-order chi connectivity index (χ0) is 12.3. The number of anilines is 1. The molecule has 0 bridgehead atoms. The lowest BCUT2D eigenvalue weighted by Gasteiger charge is -2.23. The van der Waals surface area contributed by atoms with E-state index in [1.165, 1.54) is 7.05 Å². The fourth-order valence-electron chi connectivity index (χ4n) is 1.60. The van der Waals surface area contributed by atoms with Crippen LogP contribution in [0.15, 0.2) is 18.2 Å². The summed E-state index contributed by atoms with van der Waals surface area (Å²) in [5, 5.41) is 9.92. The van der Waals surface area contributed by atoms with E-state index in [1.807, 2.05) is 32.0 Å². The van der Waals surface area contributed by atoms with Gasteiger partial charge in [0.25, 0.3) is 0 Å². The second-order valence-corrected chi connectivity index (χ2v) is 3.52. The molecule has 5 nitrogen and oxygen atoms in total. The highest BCUT2D eigenvalue weighted by atomic mass is 35.5. The average molecular weight is 257 g/mol. The summed E-state index contributed by atoms with van der Waals surface area (Å²) in [5.41, 5.74) is 7.90. The first-order chi connectivity index (χ1) is 7.49. The number of carbonyl (C=O) groups excluding carboxylic acids is 1. The Labute approximate surface area is 107 Å². The van der Waals surface area contributed by atoms with Crippen LogP contribution in [-0.4, -0.2) is 19.0 Å². The van der Waals surface area contributed by atoms with E-state index in [2.05, 4.69) is 5.32 Å². The van der Waals surface area contributed by atoms with E-state index in [1.54, 1.807) is 0 Å². The van der Waals surface area contributed by atoms with Crippen molar-refractivity contribution < 1.29 is 4.79 Å². The van der Waals surface area contributed by atoms with Gasteiger partial charge in [-0.1, -0.05) is 18.2 Å². The first-order valence-corrected chi connectivity index (χ1v) is 4.91. The number of hydrogen-bond donors (Lipinski definition) is 3. The summed E-state index contributed by atoms with van der Waals surface area (Å²) in [6.45, 7) is 3.75. The number of guanidine groups is 1. The molecule has 0 heterocycles. The van der Waals surface area contributed by atoms with Gasteiger partial charge in [-0.25, -0.2) is 9.69 Å². The lowest BCUT2D eigenvalue weighted by atomic mass is 10.1. The van der Waals surface area contributed by atoms with Crippen molar-refractivity contribution in [1.82, 2.24) is 5.32 Å². The summed E-state index contributed by atoms with van der Waals surface area (Å²) in [5.74, 6) is -0.295. The number of nitrogens with one attached hydrogen (secondary N) is 2. The summed E-state index contributed by atoms with van der Waals surface area (Å²) in [4.78, 5) is 12.8. The molecule has 0 aromatic heterocycles. The van der Waals surface area contributed by atoms with Crippen LogP contribution in [0.5, 0.6) is 0 Å². The number of carbonyl (C=O) groups is 1. The van der Waals surface area contributed by atoms with Crippen LogP contribution in [0.4, 0.5) is 10.5 Å². The smallest absolute Gasteiger partial charge is 0.328 e. The molecule has 0 saturated carbocycles. The van der Waals surface area contributed by atoms with E-state index >= 15 is 0 Å². The van der Waals surface area contributed by atoms with E-state index in [-0.39, 0.29) is 18.4 Å². The predicted molar refractivity (Wildman–Crippen MR) is 72.0 cm³/mol. The highest BCUT2D eigenvalue weighted by Gasteiger charge is 2.20. The highest BCUT2D eigenvalue weighted by molar-refractivity contribution is 6.14. The standard InChI is InChI=1S/C11H16N4O.ClH/c1-7-5-4-6-8(2)9(7)15(10(12)13)11(16)14-3;/h4-6H,1-3H3,(H3,12,13)(H,14,16);1H. The molecule has 0 aliphatic carbocycles. The average Bonchev–Trinajstić information content (AvgIpc) is 2.22. The number of hydrogen-bond acceptors (Lipinski definition) is 2. The van der Waals surface area contributed by atoms with Crippen LogP contribution in [0.25, 0.3) is 0 Å². The van der Waals surface area contributed by atoms with Crippen molar-refractivity contribution in [3.05, 3.63) is 29.3 Å². The first kappa shape index (κ1) is 15.2. The van der Waals surface area contributed by atoms with Crippen molar-refractivity contribution in [2.45, 2.75) is 13.8 Å².